The second-order valence-corrected chi connectivity index (χ2v) is 12.8. The van der Waals surface area contributed by atoms with Gasteiger partial charge in [0.25, 0.3) is 0 Å². The molecule has 0 rings (SSSR count). The maximum absolute atomic E-state index is 12.1. The molecule has 280 valence electrons. The minimum absolute atomic E-state index is 0.108. The molecule has 6 nitrogen and oxygen atoms in total. The van der Waals surface area contributed by atoms with E-state index in [4.69, 9.17) is 9.47 Å². The molecule has 0 aliphatic rings. The average Bonchev–Trinajstić information content (AvgIpc) is 3.10. The summed E-state index contributed by atoms with van der Waals surface area (Å²) in [6.07, 6.45) is 47.3. The van der Waals surface area contributed by atoms with Crippen LogP contribution in [0, 0.1) is 0 Å². The maximum atomic E-state index is 12.1. The number of hydrogen-bond acceptors (Lipinski definition) is 6. The Kier molecular flexibility index (Phi) is 36.0. The molecule has 0 aliphatic heterocycles. The van der Waals surface area contributed by atoms with Gasteiger partial charge in [-0.05, 0) is 44.9 Å². The number of ether oxygens (including phenoxy) is 2. The SMILES string of the molecule is CC/C=C\CC(O)/C=C/C=C/C/C=C\C/C=C\C/C=C\CCC(=O)O[C@@H](CO)COC(=O)CCCCCCCCCCCCCCCCC. The number of esters is 2. The second kappa shape index (κ2) is 38.1. The van der Waals surface area contributed by atoms with E-state index in [1.54, 1.807) is 6.08 Å². The van der Waals surface area contributed by atoms with Gasteiger partial charge in [-0.3, -0.25) is 9.59 Å². The van der Waals surface area contributed by atoms with E-state index in [0.717, 1.165) is 44.9 Å². The molecule has 0 aromatic rings. The zero-order valence-electron chi connectivity index (χ0n) is 31.3. The number of carbonyl (C=O) groups excluding carboxylic acids is 2. The highest BCUT2D eigenvalue weighted by Gasteiger charge is 2.15. The molecule has 6 heteroatoms. The summed E-state index contributed by atoms with van der Waals surface area (Å²) in [5.41, 5.74) is 0. The molecule has 0 spiro atoms. The highest BCUT2D eigenvalue weighted by atomic mass is 16.6. The van der Waals surface area contributed by atoms with Crippen molar-refractivity contribution in [2.75, 3.05) is 13.2 Å². The molecule has 0 radical (unpaired) electrons. The number of rotatable bonds is 34. The van der Waals surface area contributed by atoms with Gasteiger partial charge in [0.15, 0.2) is 6.10 Å². The molecule has 49 heavy (non-hydrogen) atoms. The molecule has 0 fully saturated rings. The van der Waals surface area contributed by atoms with Gasteiger partial charge in [-0.2, -0.15) is 0 Å². The Bertz CT molecular complexity index is 929. The molecule has 0 saturated carbocycles. The van der Waals surface area contributed by atoms with Crippen LogP contribution < -0.4 is 0 Å². The van der Waals surface area contributed by atoms with E-state index in [2.05, 4.69) is 50.3 Å². The fourth-order valence-corrected chi connectivity index (χ4v) is 5.13. The largest absolute Gasteiger partial charge is 0.462 e. The van der Waals surface area contributed by atoms with Crippen LogP contribution >= 0.6 is 0 Å². The van der Waals surface area contributed by atoms with Crippen molar-refractivity contribution in [1.82, 2.24) is 0 Å². The molecule has 0 amide bonds. The number of carbonyl (C=O) groups is 2. The molecule has 1 unspecified atom stereocenters. The van der Waals surface area contributed by atoms with Gasteiger partial charge >= 0.3 is 11.9 Å². The van der Waals surface area contributed by atoms with Crippen LogP contribution in [-0.2, 0) is 19.1 Å². The van der Waals surface area contributed by atoms with Crippen molar-refractivity contribution >= 4 is 11.9 Å². The maximum Gasteiger partial charge on any atom is 0.306 e. The van der Waals surface area contributed by atoms with E-state index < -0.39 is 18.2 Å². The van der Waals surface area contributed by atoms with Crippen LogP contribution in [0.25, 0.3) is 0 Å². The molecule has 2 N–H and O–H groups in total. The lowest BCUT2D eigenvalue weighted by molar-refractivity contribution is -0.161. The number of unbranched alkanes of at least 4 members (excludes halogenated alkanes) is 14. The summed E-state index contributed by atoms with van der Waals surface area (Å²) in [4.78, 5) is 24.2. The predicted octanol–water partition coefficient (Wildman–Crippen LogP) is 11.1. The minimum Gasteiger partial charge on any atom is -0.462 e. The predicted molar refractivity (Wildman–Crippen MR) is 206 cm³/mol. The molecule has 0 saturated heterocycles. The number of aliphatic hydroxyl groups excluding tert-OH is 2. The average molecular weight is 685 g/mol. The number of aliphatic hydroxyl groups is 2. The smallest absolute Gasteiger partial charge is 0.306 e. The van der Waals surface area contributed by atoms with E-state index in [1.165, 1.54) is 77.0 Å². The van der Waals surface area contributed by atoms with Crippen molar-refractivity contribution in [3.05, 3.63) is 72.9 Å². The fourth-order valence-electron chi connectivity index (χ4n) is 5.13. The number of hydrogen-bond donors (Lipinski definition) is 2. The van der Waals surface area contributed by atoms with Crippen molar-refractivity contribution in [2.45, 2.75) is 174 Å². The molecule has 0 aromatic heterocycles. The molecule has 0 bridgehead atoms. The molecule has 0 aliphatic carbocycles. The van der Waals surface area contributed by atoms with Crippen LogP contribution in [0.4, 0.5) is 0 Å². The highest BCUT2D eigenvalue weighted by molar-refractivity contribution is 5.70. The van der Waals surface area contributed by atoms with Crippen LogP contribution in [0.3, 0.4) is 0 Å². The Labute approximate surface area is 300 Å². The third-order valence-electron chi connectivity index (χ3n) is 8.11. The van der Waals surface area contributed by atoms with Crippen molar-refractivity contribution in [2.24, 2.45) is 0 Å². The van der Waals surface area contributed by atoms with Gasteiger partial charge in [0.2, 0.25) is 0 Å². The highest BCUT2D eigenvalue weighted by Crippen LogP contribution is 2.14. The topological polar surface area (TPSA) is 93.1 Å². The van der Waals surface area contributed by atoms with E-state index >= 15 is 0 Å². The minimum atomic E-state index is -0.824. The summed E-state index contributed by atoms with van der Waals surface area (Å²) >= 11 is 0. The van der Waals surface area contributed by atoms with Crippen molar-refractivity contribution in [3.8, 4) is 0 Å². The Balaban J connectivity index is 3.75. The van der Waals surface area contributed by atoms with E-state index in [9.17, 15) is 19.8 Å². The Morgan fingerprint density at radius 2 is 1.12 bits per heavy atom. The first-order chi connectivity index (χ1) is 24.0. The summed E-state index contributed by atoms with van der Waals surface area (Å²) in [7, 11) is 0. The monoisotopic (exact) mass is 685 g/mol. The normalized spacial score (nSPS) is 13.6. The van der Waals surface area contributed by atoms with Crippen LogP contribution in [0.15, 0.2) is 72.9 Å². The Hall–Kier alpha value is -2.70. The third kappa shape index (κ3) is 36.4. The lowest BCUT2D eigenvalue weighted by atomic mass is 10.0. The summed E-state index contributed by atoms with van der Waals surface area (Å²) in [6, 6.07) is 0. The summed E-state index contributed by atoms with van der Waals surface area (Å²) in [5, 5.41) is 19.3. The van der Waals surface area contributed by atoms with Gasteiger partial charge in [0.05, 0.1) is 12.7 Å². The van der Waals surface area contributed by atoms with Crippen LogP contribution in [0.1, 0.15) is 162 Å². The molecule has 2 atom stereocenters. The fraction of sp³-hybridized carbons (Fsp3) is 0.674. The number of allylic oxidation sites excluding steroid dienone is 10. The quantitative estimate of drug-likeness (QED) is 0.0303. The molecular weight excluding hydrogens is 612 g/mol. The van der Waals surface area contributed by atoms with Crippen LogP contribution in [-0.4, -0.2) is 47.6 Å². The van der Waals surface area contributed by atoms with Crippen molar-refractivity contribution in [1.29, 1.82) is 0 Å². The van der Waals surface area contributed by atoms with E-state index in [1.807, 2.05) is 30.4 Å². The third-order valence-corrected chi connectivity index (χ3v) is 8.11. The van der Waals surface area contributed by atoms with Gasteiger partial charge < -0.3 is 19.7 Å². The standard InChI is InChI=1S/C43H72O6/c1-3-5-7-8-9-10-11-12-13-16-19-22-25-28-32-36-42(46)48-39-41(38-44)49-43(47)37-33-29-26-23-20-17-14-15-18-21-24-27-31-35-40(45)34-30-6-4-2/h6,15,17-18,20,24,26-27,29-31,35,40-41,44-45H,3-5,7-14,16,19,21-23,25,28,32-34,36-39H2,1-2H3/b18-15-,20-17-,27-24+,29-26-,30-6-,35-31+/t40?,41-/m0/s1. The van der Waals surface area contributed by atoms with Crippen molar-refractivity contribution < 1.29 is 29.3 Å². The summed E-state index contributed by atoms with van der Waals surface area (Å²) in [5.74, 6) is -0.712. The molecule has 0 aromatic carbocycles. The van der Waals surface area contributed by atoms with Crippen LogP contribution in [0.5, 0.6) is 0 Å². The van der Waals surface area contributed by atoms with Crippen molar-refractivity contribution in [3.63, 3.8) is 0 Å². The van der Waals surface area contributed by atoms with Gasteiger partial charge in [-0.1, -0.05) is 177 Å². The first-order valence-corrected chi connectivity index (χ1v) is 19.6. The van der Waals surface area contributed by atoms with Gasteiger partial charge in [0.1, 0.15) is 6.61 Å². The lowest BCUT2D eigenvalue weighted by Gasteiger charge is -2.15. The zero-order valence-corrected chi connectivity index (χ0v) is 31.3. The van der Waals surface area contributed by atoms with Crippen LogP contribution in [0.2, 0.25) is 0 Å². The lowest BCUT2D eigenvalue weighted by Crippen LogP contribution is -2.28. The van der Waals surface area contributed by atoms with E-state index in [0.29, 0.717) is 19.3 Å². The first-order valence-electron chi connectivity index (χ1n) is 19.6. The van der Waals surface area contributed by atoms with E-state index in [-0.39, 0.29) is 25.6 Å². The summed E-state index contributed by atoms with van der Waals surface area (Å²) < 4.78 is 10.5. The molecular formula is C43H72O6. The molecule has 0 heterocycles. The Morgan fingerprint density at radius 1 is 0.592 bits per heavy atom. The Morgan fingerprint density at radius 3 is 1.67 bits per heavy atom. The summed E-state index contributed by atoms with van der Waals surface area (Å²) in [6.45, 7) is 3.86. The second-order valence-electron chi connectivity index (χ2n) is 12.8. The van der Waals surface area contributed by atoms with Gasteiger partial charge in [-0.15, -0.1) is 0 Å². The first kappa shape index (κ1) is 46.3. The zero-order chi connectivity index (χ0) is 35.9. The van der Waals surface area contributed by atoms with Gasteiger partial charge in [-0.25, -0.2) is 0 Å². The van der Waals surface area contributed by atoms with Gasteiger partial charge in [0, 0.05) is 12.8 Å².